The van der Waals surface area contributed by atoms with Crippen LogP contribution in [0.4, 0.5) is 0 Å². The lowest BCUT2D eigenvalue weighted by Gasteiger charge is -2.48. The van der Waals surface area contributed by atoms with Crippen molar-refractivity contribution >= 4 is 18.7 Å². The van der Waals surface area contributed by atoms with Crippen LogP contribution in [-0.2, 0) is 4.43 Å². The van der Waals surface area contributed by atoms with Crippen molar-refractivity contribution in [2.75, 3.05) is 0 Å². The summed E-state index contributed by atoms with van der Waals surface area (Å²) >= 11 is 0. The summed E-state index contributed by atoms with van der Waals surface area (Å²) in [6.45, 7) is 6.95. The van der Waals surface area contributed by atoms with Crippen molar-refractivity contribution in [3.63, 3.8) is 0 Å². The molecule has 0 aromatic heterocycles. The zero-order valence-electron chi connectivity index (χ0n) is 14.8. The average Bonchev–Trinajstić information content (AvgIpc) is 2.54. The summed E-state index contributed by atoms with van der Waals surface area (Å²) in [6, 6.07) is 21.6. The van der Waals surface area contributed by atoms with Crippen molar-refractivity contribution in [3.8, 4) is 12.3 Å². The third kappa shape index (κ3) is 2.95. The second kappa shape index (κ2) is 6.59. The van der Waals surface area contributed by atoms with Crippen molar-refractivity contribution < 1.29 is 4.43 Å². The van der Waals surface area contributed by atoms with Gasteiger partial charge >= 0.3 is 0 Å². The number of terminal acetylenes is 1. The molecule has 1 aliphatic rings. The number of hydrogen-bond acceptors (Lipinski definition) is 1. The van der Waals surface area contributed by atoms with E-state index in [0.29, 0.717) is 5.92 Å². The molecular weight excluding hydrogens is 308 g/mol. The second-order valence-corrected chi connectivity index (χ2v) is 12.0. The molecule has 0 aliphatic heterocycles. The summed E-state index contributed by atoms with van der Waals surface area (Å²) in [5.41, 5.74) is 0. The topological polar surface area (TPSA) is 9.23 Å². The Kier molecular flexibility index (Phi) is 4.67. The molecule has 3 rings (SSSR count). The van der Waals surface area contributed by atoms with E-state index < -0.39 is 8.32 Å². The molecule has 2 aromatic rings. The minimum Gasteiger partial charge on any atom is -0.404 e. The van der Waals surface area contributed by atoms with Crippen molar-refractivity contribution in [2.24, 2.45) is 5.92 Å². The van der Waals surface area contributed by atoms with Crippen LogP contribution in [0.15, 0.2) is 60.7 Å². The van der Waals surface area contributed by atoms with E-state index in [0.717, 1.165) is 12.8 Å². The molecule has 0 N–H and O–H groups in total. The molecule has 124 valence electrons. The third-order valence-corrected chi connectivity index (χ3v) is 10.2. The third-order valence-electron chi connectivity index (χ3n) is 5.09. The predicted molar refractivity (Wildman–Crippen MR) is 104 cm³/mol. The van der Waals surface area contributed by atoms with Gasteiger partial charge in [-0.3, -0.25) is 0 Å². The van der Waals surface area contributed by atoms with E-state index in [1.807, 2.05) is 0 Å². The summed E-state index contributed by atoms with van der Waals surface area (Å²) in [6.07, 6.45) is 7.82. The molecule has 1 nitrogen and oxygen atoms in total. The summed E-state index contributed by atoms with van der Waals surface area (Å²) in [7, 11) is -2.39. The van der Waals surface area contributed by atoms with Crippen LogP contribution in [-0.4, -0.2) is 14.4 Å². The van der Waals surface area contributed by atoms with E-state index in [9.17, 15) is 0 Å². The van der Waals surface area contributed by atoms with Crippen LogP contribution < -0.4 is 10.4 Å². The van der Waals surface area contributed by atoms with Gasteiger partial charge in [0.2, 0.25) is 0 Å². The normalized spacial score (nSPS) is 20.9. The maximum atomic E-state index is 6.99. The molecule has 0 amide bonds. The van der Waals surface area contributed by atoms with Gasteiger partial charge in [-0.05, 0) is 28.3 Å². The molecule has 1 aliphatic carbocycles. The molecule has 0 heterocycles. The van der Waals surface area contributed by atoms with Crippen LogP contribution in [0.25, 0.3) is 0 Å². The van der Waals surface area contributed by atoms with E-state index >= 15 is 0 Å². The van der Waals surface area contributed by atoms with Gasteiger partial charge in [-0.2, -0.15) is 0 Å². The number of hydrogen-bond donors (Lipinski definition) is 0. The lowest BCUT2D eigenvalue weighted by molar-refractivity contribution is 0.0804. The maximum Gasteiger partial charge on any atom is 0.261 e. The minimum absolute atomic E-state index is 0.0386. The van der Waals surface area contributed by atoms with Crippen molar-refractivity contribution in [2.45, 2.75) is 44.8 Å². The van der Waals surface area contributed by atoms with E-state index in [4.69, 9.17) is 10.8 Å². The molecule has 2 heteroatoms. The largest absolute Gasteiger partial charge is 0.404 e. The fraction of sp³-hybridized carbons (Fsp3) is 0.364. The molecular formula is C22H26OSi. The van der Waals surface area contributed by atoms with Crippen molar-refractivity contribution in [3.05, 3.63) is 60.7 Å². The Hall–Kier alpha value is -1.82. The van der Waals surface area contributed by atoms with Crippen LogP contribution >= 0.6 is 0 Å². The molecule has 2 aromatic carbocycles. The smallest absolute Gasteiger partial charge is 0.261 e. The number of rotatable bonds is 4. The first-order chi connectivity index (χ1) is 11.5. The molecule has 1 saturated carbocycles. The van der Waals surface area contributed by atoms with Gasteiger partial charge in [0, 0.05) is 12.0 Å². The highest BCUT2D eigenvalue weighted by Gasteiger charge is 2.52. The first kappa shape index (κ1) is 17.0. The van der Waals surface area contributed by atoms with E-state index in [1.165, 1.54) is 10.4 Å². The molecule has 0 saturated heterocycles. The zero-order chi connectivity index (χ0) is 17.2. The highest BCUT2D eigenvalue weighted by Crippen LogP contribution is 2.41. The second-order valence-electron chi connectivity index (χ2n) is 7.74. The predicted octanol–water partition coefficient (Wildman–Crippen LogP) is 3.97. The Morgan fingerprint density at radius 2 is 1.38 bits per heavy atom. The molecule has 0 unspecified atom stereocenters. The first-order valence-electron chi connectivity index (χ1n) is 8.72. The lowest BCUT2D eigenvalue weighted by atomic mass is 9.83. The van der Waals surface area contributed by atoms with Gasteiger partial charge in [-0.15, -0.1) is 12.3 Å². The van der Waals surface area contributed by atoms with Gasteiger partial charge in [0.15, 0.2) is 0 Å². The molecule has 0 spiro atoms. The first-order valence-corrected chi connectivity index (χ1v) is 10.6. The quantitative estimate of drug-likeness (QED) is 0.607. The molecule has 0 atom stereocenters. The Bertz CT molecular complexity index is 664. The average molecular weight is 335 g/mol. The van der Waals surface area contributed by atoms with Gasteiger partial charge in [-0.25, -0.2) is 0 Å². The Morgan fingerprint density at radius 3 is 1.75 bits per heavy atom. The molecule has 0 radical (unpaired) electrons. The van der Waals surface area contributed by atoms with E-state index in [1.54, 1.807) is 0 Å². The Morgan fingerprint density at radius 1 is 0.917 bits per heavy atom. The standard InChI is InChI=1S/C22H26OSi/c1-5-18-16-19(17-18)23-24(22(2,3)4,20-12-8-6-9-13-20)21-14-10-7-11-15-21/h1,6-15,18-19H,16-17H2,2-4H3. The van der Waals surface area contributed by atoms with Crippen molar-refractivity contribution in [1.29, 1.82) is 0 Å². The maximum absolute atomic E-state index is 6.99. The van der Waals surface area contributed by atoms with Gasteiger partial charge < -0.3 is 4.43 Å². The van der Waals surface area contributed by atoms with Crippen molar-refractivity contribution in [1.82, 2.24) is 0 Å². The van der Waals surface area contributed by atoms with Gasteiger partial charge in [-0.1, -0.05) is 81.4 Å². The highest BCUT2D eigenvalue weighted by atomic mass is 28.4. The van der Waals surface area contributed by atoms with Crippen LogP contribution in [0.1, 0.15) is 33.6 Å². The molecule has 0 bridgehead atoms. The SMILES string of the molecule is C#CC1CC(O[Si](c2ccccc2)(c2ccccc2)C(C)(C)C)C1. The fourth-order valence-corrected chi connectivity index (χ4v) is 8.45. The van der Waals surface area contributed by atoms with Crippen LogP contribution in [0, 0.1) is 18.3 Å². The van der Waals surface area contributed by atoms with E-state index in [2.05, 4.69) is 87.4 Å². The van der Waals surface area contributed by atoms with E-state index in [-0.39, 0.29) is 11.1 Å². The minimum atomic E-state index is -2.39. The van der Waals surface area contributed by atoms with Crippen LogP contribution in [0.3, 0.4) is 0 Å². The Labute approximate surface area is 147 Å². The fourth-order valence-electron chi connectivity index (χ4n) is 3.74. The van der Waals surface area contributed by atoms with Gasteiger partial charge in [0.25, 0.3) is 8.32 Å². The highest BCUT2D eigenvalue weighted by molar-refractivity contribution is 6.99. The van der Waals surface area contributed by atoms with Gasteiger partial charge in [0.05, 0.1) is 0 Å². The molecule has 24 heavy (non-hydrogen) atoms. The number of benzene rings is 2. The summed E-state index contributed by atoms with van der Waals surface area (Å²) in [4.78, 5) is 0. The summed E-state index contributed by atoms with van der Waals surface area (Å²) in [5, 5.41) is 2.72. The lowest BCUT2D eigenvalue weighted by Crippen LogP contribution is -2.68. The van der Waals surface area contributed by atoms with Gasteiger partial charge in [0.1, 0.15) is 0 Å². The summed E-state index contributed by atoms with van der Waals surface area (Å²) < 4.78 is 6.99. The Balaban J connectivity index is 2.10. The van der Waals surface area contributed by atoms with Crippen LogP contribution in [0.5, 0.6) is 0 Å². The zero-order valence-corrected chi connectivity index (χ0v) is 15.8. The monoisotopic (exact) mass is 334 g/mol. The van der Waals surface area contributed by atoms with Crippen LogP contribution in [0.2, 0.25) is 5.04 Å². The molecule has 1 fully saturated rings. The summed E-state index contributed by atoms with van der Waals surface area (Å²) in [5.74, 6) is 3.25.